The zero-order chi connectivity index (χ0) is 8.48. The van der Waals surface area contributed by atoms with Gasteiger partial charge >= 0.3 is 0 Å². The normalized spacial score (nSPS) is 32.2. The molecule has 0 spiro atoms. The Hall–Kier alpha value is -0.0400. The summed E-state index contributed by atoms with van der Waals surface area (Å²) in [5, 5.41) is 0. The van der Waals surface area contributed by atoms with E-state index in [1.54, 1.807) is 0 Å². The summed E-state index contributed by atoms with van der Waals surface area (Å²) in [5.74, 6) is 0.858. The van der Waals surface area contributed by atoms with E-state index in [-0.39, 0.29) is 0 Å². The Labute approximate surface area is 70.8 Å². The molecule has 0 aromatic rings. The van der Waals surface area contributed by atoms with Crippen molar-refractivity contribution in [1.82, 2.24) is 4.90 Å². The molecule has 1 nitrogen and oxygen atoms in total. The molecule has 0 radical (unpaired) electrons. The van der Waals surface area contributed by atoms with Gasteiger partial charge in [0.2, 0.25) is 0 Å². The Morgan fingerprint density at radius 1 is 1.45 bits per heavy atom. The van der Waals surface area contributed by atoms with Gasteiger partial charge in [-0.15, -0.1) is 0 Å². The van der Waals surface area contributed by atoms with Crippen molar-refractivity contribution in [3.05, 3.63) is 0 Å². The lowest BCUT2D eigenvalue weighted by Gasteiger charge is -2.42. The topological polar surface area (TPSA) is 3.24 Å². The third-order valence-electron chi connectivity index (χ3n) is 3.39. The number of hydrogen-bond donors (Lipinski definition) is 0. The fraction of sp³-hybridized carbons (Fsp3) is 1.00. The molecule has 11 heavy (non-hydrogen) atoms. The monoisotopic (exact) mass is 155 g/mol. The van der Waals surface area contributed by atoms with Crippen molar-refractivity contribution in [3.63, 3.8) is 0 Å². The van der Waals surface area contributed by atoms with Gasteiger partial charge in [0.25, 0.3) is 0 Å². The second-order valence-corrected chi connectivity index (χ2v) is 4.53. The molecule has 0 N–H and O–H groups in total. The maximum Gasteiger partial charge on any atom is 0.00120 e. The van der Waals surface area contributed by atoms with Gasteiger partial charge in [-0.2, -0.15) is 0 Å². The molecular weight excluding hydrogens is 134 g/mol. The zero-order valence-corrected chi connectivity index (χ0v) is 8.35. The molecule has 0 aromatic heterocycles. The number of likely N-dealkylation sites (tertiary alicyclic amines) is 1. The predicted octanol–water partition coefficient (Wildman–Crippen LogP) is 2.37. The highest BCUT2D eigenvalue weighted by Crippen LogP contribution is 2.34. The highest BCUT2D eigenvalue weighted by Gasteiger charge is 2.31. The number of hydrogen-bond acceptors (Lipinski definition) is 1. The molecule has 0 saturated carbocycles. The number of nitrogens with zero attached hydrogens (tertiary/aromatic N) is 1. The van der Waals surface area contributed by atoms with Gasteiger partial charge in [-0.25, -0.2) is 0 Å². The first-order chi connectivity index (χ1) is 5.06. The molecule has 1 atom stereocenters. The number of piperidine rings is 1. The molecule has 66 valence electrons. The van der Waals surface area contributed by atoms with E-state index in [9.17, 15) is 0 Å². The average molecular weight is 155 g/mol. The van der Waals surface area contributed by atoms with Gasteiger partial charge < -0.3 is 4.90 Å². The first kappa shape index (κ1) is 9.05. The van der Waals surface area contributed by atoms with Gasteiger partial charge in [0.05, 0.1) is 0 Å². The first-order valence-electron chi connectivity index (χ1n) is 4.78. The van der Waals surface area contributed by atoms with Crippen LogP contribution in [0.5, 0.6) is 0 Å². The van der Waals surface area contributed by atoms with Crippen molar-refractivity contribution in [2.24, 2.45) is 11.3 Å². The van der Waals surface area contributed by atoms with Crippen molar-refractivity contribution in [2.75, 3.05) is 19.6 Å². The van der Waals surface area contributed by atoms with E-state index in [1.807, 2.05) is 0 Å². The lowest BCUT2D eigenvalue weighted by molar-refractivity contribution is 0.0748. The molecule has 1 unspecified atom stereocenters. The Kier molecular flexibility index (Phi) is 2.58. The highest BCUT2D eigenvalue weighted by atomic mass is 15.1. The van der Waals surface area contributed by atoms with Gasteiger partial charge in [-0.05, 0) is 30.8 Å². The lowest BCUT2D eigenvalue weighted by atomic mass is 9.74. The van der Waals surface area contributed by atoms with Crippen LogP contribution in [0.25, 0.3) is 0 Å². The molecule has 1 rings (SSSR count). The van der Waals surface area contributed by atoms with Crippen molar-refractivity contribution in [3.8, 4) is 0 Å². The van der Waals surface area contributed by atoms with E-state index in [0.717, 1.165) is 5.92 Å². The van der Waals surface area contributed by atoms with Crippen LogP contribution in [-0.4, -0.2) is 24.5 Å². The van der Waals surface area contributed by atoms with Crippen LogP contribution in [0.15, 0.2) is 0 Å². The van der Waals surface area contributed by atoms with Gasteiger partial charge in [0.1, 0.15) is 0 Å². The van der Waals surface area contributed by atoms with E-state index in [4.69, 9.17) is 0 Å². The van der Waals surface area contributed by atoms with Crippen LogP contribution in [0.4, 0.5) is 0 Å². The van der Waals surface area contributed by atoms with Gasteiger partial charge in [0.15, 0.2) is 0 Å². The summed E-state index contributed by atoms with van der Waals surface area (Å²) < 4.78 is 0. The molecule has 1 fully saturated rings. The third kappa shape index (κ3) is 1.96. The Morgan fingerprint density at radius 2 is 2.09 bits per heavy atom. The van der Waals surface area contributed by atoms with Gasteiger partial charge in [-0.3, -0.25) is 0 Å². The quantitative estimate of drug-likeness (QED) is 0.562. The summed E-state index contributed by atoms with van der Waals surface area (Å²) in [6.45, 7) is 13.2. The summed E-state index contributed by atoms with van der Waals surface area (Å²) >= 11 is 0. The fourth-order valence-corrected chi connectivity index (χ4v) is 1.71. The molecule has 1 heterocycles. The van der Waals surface area contributed by atoms with Crippen LogP contribution in [0.1, 0.15) is 34.1 Å². The SMILES string of the molecule is CCN1CCC(C)(C)C(C)C1. The maximum atomic E-state index is 2.55. The molecule has 0 aromatic carbocycles. The van der Waals surface area contributed by atoms with Gasteiger partial charge in [-0.1, -0.05) is 27.7 Å². The molecule has 0 bridgehead atoms. The third-order valence-corrected chi connectivity index (χ3v) is 3.39. The number of rotatable bonds is 1. The summed E-state index contributed by atoms with van der Waals surface area (Å²) in [4.78, 5) is 2.55. The minimum Gasteiger partial charge on any atom is -0.303 e. The minimum atomic E-state index is 0.575. The molecule has 1 aliphatic heterocycles. The molecule has 0 aliphatic carbocycles. The fourth-order valence-electron chi connectivity index (χ4n) is 1.71. The highest BCUT2D eigenvalue weighted by molar-refractivity contribution is 4.83. The zero-order valence-electron chi connectivity index (χ0n) is 8.35. The largest absolute Gasteiger partial charge is 0.303 e. The van der Waals surface area contributed by atoms with Crippen molar-refractivity contribution >= 4 is 0 Å². The smallest absolute Gasteiger partial charge is 0.00120 e. The molecular formula is C10H21N. The summed E-state index contributed by atoms with van der Waals surface area (Å²) in [7, 11) is 0. The average Bonchev–Trinajstić information content (AvgIpc) is 1.95. The molecule has 0 amide bonds. The second kappa shape index (κ2) is 3.14. The van der Waals surface area contributed by atoms with Crippen molar-refractivity contribution < 1.29 is 0 Å². The Balaban J connectivity index is 2.48. The van der Waals surface area contributed by atoms with Crippen LogP contribution in [-0.2, 0) is 0 Å². The van der Waals surface area contributed by atoms with Crippen LogP contribution < -0.4 is 0 Å². The standard InChI is InChI=1S/C10H21N/c1-5-11-7-6-10(3,4)9(2)8-11/h9H,5-8H2,1-4H3. The summed E-state index contributed by atoms with van der Waals surface area (Å²) in [5.41, 5.74) is 0.575. The van der Waals surface area contributed by atoms with Crippen LogP contribution >= 0.6 is 0 Å². The van der Waals surface area contributed by atoms with Crippen LogP contribution in [0.3, 0.4) is 0 Å². The van der Waals surface area contributed by atoms with E-state index in [2.05, 4.69) is 32.6 Å². The van der Waals surface area contributed by atoms with E-state index in [1.165, 1.54) is 26.1 Å². The van der Waals surface area contributed by atoms with Crippen LogP contribution in [0, 0.1) is 11.3 Å². The van der Waals surface area contributed by atoms with E-state index in [0.29, 0.717) is 5.41 Å². The van der Waals surface area contributed by atoms with Crippen molar-refractivity contribution in [2.45, 2.75) is 34.1 Å². The van der Waals surface area contributed by atoms with E-state index < -0.39 is 0 Å². The minimum absolute atomic E-state index is 0.575. The van der Waals surface area contributed by atoms with E-state index >= 15 is 0 Å². The second-order valence-electron chi connectivity index (χ2n) is 4.53. The predicted molar refractivity (Wildman–Crippen MR) is 49.7 cm³/mol. The van der Waals surface area contributed by atoms with Crippen LogP contribution in [0.2, 0.25) is 0 Å². The Bertz CT molecular complexity index is 129. The molecule has 1 heteroatoms. The summed E-state index contributed by atoms with van der Waals surface area (Å²) in [6.07, 6.45) is 1.36. The van der Waals surface area contributed by atoms with Crippen molar-refractivity contribution in [1.29, 1.82) is 0 Å². The molecule has 1 saturated heterocycles. The lowest BCUT2D eigenvalue weighted by Crippen LogP contribution is -2.43. The summed E-state index contributed by atoms with van der Waals surface area (Å²) in [6, 6.07) is 0. The maximum absolute atomic E-state index is 2.55. The first-order valence-corrected chi connectivity index (χ1v) is 4.78. The van der Waals surface area contributed by atoms with Gasteiger partial charge in [0, 0.05) is 6.54 Å². The molecule has 1 aliphatic rings. The Morgan fingerprint density at radius 3 is 2.55 bits per heavy atom.